The Balaban J connectivity index is 2.22. The van der Waals surface area contributed by atoms with Gasteiger partial charge in [0.05, 0.1) is 27.4 Å². The van der Waals surface area contributed by atoms with Gasteiger partial charge in [-0.25, -0.2) is 4.98 Å². The molecule has 0 aliphatic carbocycles. The van der Waals surface area contributed by atoms with Crippen LogP contribution in [0.25, 0.3) is 0 Å². The van der Waals surface area contributed by atoms with E-state index in [2.05, 4.69) is 31.4 Å². The Morgan fingerprint density at radius 1 is 1.65 bits per heavy atom. The van der Waals surface area contributed by atoms with Gasteiger partial charge in [0, 0.05) is 24.5 Å². The first-order valence-corrected chi connectivity index (χ1v) is 6.83. The van der Waals surface area contributed by atoms with Gasteiger partial charge < -0.3 is 0 Å². The monoisotopic (exact) mass is 315 g/mol. The largest absolute Gasteiger partial charge is 0.271 e. The van der Waals surface area contributed by atoms with E-state index in [9.17, 15) is 0 Å². The number of halogens is 1. The van der Waals surface area contributed by atoms with Gasteiger partial charge in [0.1, 0.15) is 0 Å². The molecule has 5 nitrogen and oxygen atoms in total. The molecule has 0 fully saturated rings. The van der Waals surface area contributed by atoms with Crippen molar-refractivity contribution in [2.24, 2.45) is 12.9 Å². The van der Waals surface area contributed by atoms with Crippen molar-refractivity contribution in [1.29, 1.82) is 0 Å². The van der Waals surface area contributed by atoms with Gasteiger partial charge in [0.25, 0.3) is 0 Å². The minimum Gasteiger partial charge on any atom is -0.271 e. The fourth-order valence-electron chi connectivity index (χ4n) is 1.72. The van der Waals surface area contributed by atoms with E-state index < -0.39 is 0 Å². The molecule has 3 N–H and O–H groups in total. The van der Waals surface area contributed by atoms with Gasteiger partial charge in [-0.1, -0.05) is 0 Å². The van der Waals surface area contributed by atoms with E-state index in [1.54, 1.807) is 17.5 Å². The highest BCUT2D eigenvalue weighted by Crippen LogP contribution is 2.25. The van der Waals surface area contributed by atoms with Crippen LogP contribution in [0.4, 0.5) is 0 Å². The fourth-order valence-corrected chi connectivity index (χ4v) is 3.16. The van der Waals surface area contributed by atoms with Gasteiger partial charge in [-0.3, -0.25) is 16.0 Å². The van der Waals surface area contributed by atoms with Crippen LogP contribution >= 0.6 is 27.3 Å². The quantitative estimate of drug-likeness (QED) is 0.665. The zero-order valence-corrected chi connectivity index (χ0v) is 12.0. The summed E-state index contributed by atoms with van der Waals surface area (Å²) in [7, 11) is 1.90. The lowest BCUT2D eigenvalue weighted by Crippen LogP contribution is -2.31. The summed E-state index contributed by atoms with van der Waals surface area (Å²) in [6.45, 7) is 1.99. The summed E-state index contributed by atoms with van der Waals surface area (Å²) in [5, 5.41) is 7.30. The molecule has 0 aromatic carbocycles. The molecule has 2 aromatic rings. The standard InChI is InChI=1S/C10H14BrN5S/c1-6-5-17-9(14-6)3-8(15-12)10-7(11)4-13-16(10)2/h4-5,8,15H,3,12H2,1-2H3. The minimum atomic E-state index is 0.00225. The number of rotatable bonds is 4. The highest BCUT2D eigenvalue weighted by Gasteiger charge is 2.19. The molecule has 0 saturated heterocycles. The Hall–Kier alpha value is -0.760. The van der Waals surface area contributed by atoms with Crippen molar-refractivity contribution in [2.45, 2.75) is 19.4 Å². The molecular weight excluding hydrogens is 302 g/mol. The third-order valence-corrected chi connectivity index (χ3v) is 4.11. The third-order valence-electron chi connectivity index (χ3n) is 2.51. The molecule has 92 valence electrons. The highest BCUT2D eigenvalue weighted by atomic mass is 79.9. The van der Waals surface area contributed by atoms with Gasteiger partial charge in [-0.05, 0) is 22.9 Å². The summed E-state index contributed by atoms with van der Waals surface area (Å²) < 4.78 is 2.77. The number of thiazole rings is 1. The molecule has 1 unspecified atom stereocenters. The molecule has 0 saturated carbocycles. The average Bonchev–Trinajstić information content (AvgIpc) is 2.84. The smallest absolute Gasteiger partial charge is 0.0948 e. The summed E-state index contributed by atoms with van der Waals surface area (Å²) in [6, 6.07) is 0.00225. The first-order valence-electron chi connectivity index (χ1n) is 5.16. The zero-order valence-electron chi connectivity index (χ0n) is 9.64. The molecule has 2 heterocycles. The Bertz CT molecular complexity index is 487. The molecule has 17 heavy (non-hydrogen) atoms. The predicted octanol–water partition coefficient (Wildman–Crippen LogP) is 1.69. The van der Waals surface area contributed by atoms with Crippen molar-refractivity contribution >= 4 is 27.3 Å². The molecule has 2 aromatic heterocycles. The first-order chi connectivity index (χ1) is 8.11. The minimum absolute atomic E-state index is 0.00225. The molecule has 0 aliphatic rings. The van der Waals surface area contributed by atoms with Gasteiger partial charge in [-0.2, -0.15) is 5.10 Å². The van der Waals surface area contributed by atoms with Gasteiger partial charge in [0.2, 0.25) is 0 Å². The molecule has 0 aliphatic heterocycles. The number of aryl methyl sites for hydroxylation is 2. The van der Waals surface area contributed by atoms with Crippen LogP contribution in [-0.2, 0) is 13.5 Å². The van der Waals surface area contributed by atoms with Crippen LogP contribution in [-0.4, -0.2) is 14.8 Å². The number of nitrogens with one attached hydrogen (secondary N) is 1. The molecule has 1 atom stereocenters. The van der Waals surface area contributed by atoms with E-state index in [0.717, 1.165) is 27.3 Å². The Kier molecular flexibility index (Phi) is 3.93. The maximum atomic E-state index is 5.62. The maximum absolute atomic E-state index is 5.62. The Morgan fingerprint density at radius 2 is 2.41 bits per heavy atom. The number of hydrogen-bond donors (Lipinski definition) is 2. The highest BCUT2D eigenvalue weighted by molar-refractivity contribution is 9.10. The van der Waals surface area contributed by atoms with Crippen molar-refractivity contribution in [3.8, 4) is 0 Å². The summed E-state index contributed by atoms with van der Waals surface area (Å²) >= 11 is 5.13. The van der Waals surface area contributed by atoms with Crippen LogP contribution in [0.3, 0.4) is 0 Å². The van der Waals surface area contributed by atoms with Crippen LogP contribution in [0.5, 0.6) is 0 Å². The summed E-state index contributed by atoms with van der Waals surface area (Å²) in [4.78, 5) is 4.45. The van der Waals surface area contributed by atoms with E-state index in [4.69, 9.17) is 5.84 Å². The summed E-state index contributed by atoms with van der Waals surface area (Å²) in [6.07, 6.45) is 2.53. The molecule has 0 amide bonds. The maximum Gasteiger partial charge on any atom is 0.0948 e. The second-order valence-electron chi connectivity index (χ2n) is 3.81. The molecule has 0 bridgehead atoms. The topological polar surface area (TPSA) is 68.8 Å². The van der Waals surface area contributed by atoms with Crippen LogP contribution in [0.1, 0.15) is 22.4 Å². The lowest BCUT2D eigenvalue weighted by Gasteiger charge is -2.15. The van der Waals surface area contributed by atoms with Gasteiger partial charge >= 0.3 is 0 Å². The van der Waals surface area contributed by atoms with E-state index >= 15 is 0 Å². The molecule has 7 heteroatoms. The van der Waals surface area contributed by atoms with E-state index in [0.29, 0.717) is 0 Å². The number of nitrogens with two attached hydrogens (primary N) is 1. The van der Waals surface area contributed by atoms with Gasteiger partial charge in [0.15, 0.2) is 0 Å². The lowest BCUT2D eigenvalue weighted by atomic mass is 10.1. The second kappa shape index (κ2) is 5.26. The van der Waals surface area contributed by atoms with Crippen LogP contribution in [0, 0.1) is 6.92 Å². The number of hydrogen-bond acceptors (Lipinski definition) is 5. The normalized spacial score (nSPS) is 12.9. The lowest BCUT2D eigenvalue weighted by molar-refractivity contribution is 0.505. The molecule has 0 radical (unpaired) electrons. The second-order valence-corrected chi connectivity index (χ2v) is 5.60. The van der Waals surface area contributed by atoms with Crippen molar-refractivity contribution < 1.29 is 0 Å². The van der Waals surface area contributed by atoms with E-state index in [1.807, 2.05) is 24.0 Å². The van der Waals surface area contributed by atoms with Gasteiger partial charge in [-0.15, -0.1) is 11.3 Å². The van der Waals surface area contributed by atoms with Crippen molar-refractivity contribution in [3.05, 3.63) is 32.4 Å². The Labute approximate surface area is 112 Å². The summed E-state index contributed by atoms with van der Waals surface area (Å²) in [5.74, 6) is 5.62. The predicted molar refractivity (Wildman–Crippen MR) is 71.5 cm³/mol. The number of aromatic nitrogens is 3. The third kappa shape index (κ3) is 2.74. The molecular formula is C10H14BrN5S. The first kappa shape index (κ1) is 12.7. The van der Waals surface area contributed by atoms with Crippen molar-refractivity contribution in [3.63, 3.8) is 0 Å². The molecule has 0 spiro atoms. The van der Waals surface area contributed by atoms with Crippen LogP contribution < -0.4 is 11.3 Å². The van der Waals surface area contributed by atoms with Crippen LogP contribution in [0.2, 0.25) is 0 Å². The molecule has 2 rings (SSSR count). The number of hydrazine groups is 1. The SMILES string of the molecule is Cc1csc(CC(NN)c2c(Br)cnn2C)n1. The van der Waals surface area contributed by atoms with E-state index in [1.165, 1.54) is 0 Å². The van der Waals surface area contributed by atoms with Crippen LogP contribution in [0.15, 0.2) is 16.0 Å². The average molecular weight is 316 g/mol. The summed E-state index contributed by atoms with van der Waals surface area (Å²) in [5.41, 5.74) is 4.89. The number of nitrogens with zero attached hydrogens (tertiary/aromatic N) is 3. The Morgan fingerprint density at radius 3 is 2.88 bits per heavy atom. The fraction of sp³-hybridized carbons (Fsp3) is 0.400. The van der Waals surface area contributed by atoms with Crippen molar-refractivity contribution in [2.75, 3.05) is 0 Å². The zero-order chi connectivity index (χ0) is 12.4. The van der Waals surface area contributed by atoms with Crippen molar-refractivity contribution in [1.82, 2.24) is 20.2 Å². The van der Waals surface area contributed by atoms with E-state index in [-0.39, 0.29) is 6.04 Å².